The second kappa shape index (κ2) is 5.14. The van der Waals surface area contributed by atoms with Gasteiger partial charge in [0.25, 0.3) is 0 Å². The van der Waals surface area contributed by atoms with Gasteiger partial charge in [-0.2, -0.15) is 0 Å². The quantitative estimate of drug-likeness (QED) is 0.894. The van der Waals surface area contributed by atoms with Crippen molar-refractivity contribution in [3.8, 4) is 0 Å². The van der Waals surface area contributed by atoms with Gasteiger partial charge < -0.3 is 5.32 Å². The van der Waals surface area contributed by atoms with Gasteiger partial charge in [-0.1, -0.05) is 6.07 Å². The van der Waals surface area contributed by atoms with Crippen LogP contribution in [0.4, 0.5) is 4.39 Å². The van der Waals surface area contributed by atoms with E-state index in [9.17, 15) is 12.8 Å². The van der Waals surface area contributed by atoms with E-state index in [2.05, 4.69) is 5.32 Å². The highest BCUT2D eigenvalue weighted by molar-refractivity contribution is 7.91. The average molecular weight is 257 g/mol. The topological polar surface area (TPSA) is 46.2 Å². The van der Waals surface area contributed by atoms with Crippen LogP contribution in [0.25, 0.3) is 0 Å². The second-order valence-corrected chi connectivity index (χ2v) is 6.49. The lowest BCUT2D eigenvalue weighted by molar-refractivity contribution is 0.404. The largest absolute Gasteiger partial charge is 0.316 e. The molecule has 17 heavy (non-hydrogen) atoms. The summed E-state index contributed by atoms with van der Waals surface area (Å²) in [4.78, 5) is 0.0862. The third kappa shape index (κ3) is 3.26. The summed E-state index contributed by atoms with van der Waals surface area (Å²) < 4.78 is 37.1. The maximum Gasteiger partial charge on any atom is 0.178 e. The van der Waals surface area contributed by atoms with Gasteiger partial charge >= 0.3 is 0 Å². The van der Waals surface area contributed by atoms with Crippen LogP contribution < -0.4 is 5.32 Å². The molecule has 0 aromatic heterocycles. The first-order chi connectivity index (χ1) is 8.08. The minimum absolute atomic E-state index is 0.0862. The molecule has 1 atom stereocenters. The van der Waals surface area contributed by atoms with Crippen molar-refractivity contribution >= 4 is 9.84 Å². The van der Waals surface area contributed by atoms with Gasteiger partial charge in [0.1, 0.15) is 5.82 Å². The molecular formula is C12H16FNO2S. The van der Waals surface area contributed by atoms with Crippen LogP contribution in [0.2, 0.25) is 0 Å². The zero-order valence-electron chi connectivity index (χ0n) is 9.52. The van der Waals surface area contributed by atoms with Crippen molar-refractivity contribution in [3.05, 3.63) is 30.1 Å². The van der Waals surface area contributed by atoms with Gasteiger partial charge in [-0.15, -0.1) is 0 Å². The smallest absolute Gasteiger partial charge is 0.178 e. The summed E-state index contributed by atoms with van der Waals surface area (Å²) >= 11 is 0. The molecule has 1 aliphatic heterocycles. The fraction of sp³-hybridized carbons (Fsp3) is 0.500. The van der Waals surface area contributed by atoms with Crippen LogP contribution >= 0.6 is 0 Å². The van der Waals surface area contributed by atoms with Gasteiger partial charge in [0.05, 0.1) is 10.6 Å². The highest BCUT2D eigenvalue weighted by atomic mass is 32.2. The molecule has 1 aromatic rings. The van der Waals surface area contributed by atoms with Crippen LogP contribution in [0.3, 0.4) is 0 Å². The maximum atomic E-state index is 13.0. The van der Waals surface area contributed by atoms with E-state index in [0.717, 1.165) is 32.0 Å². The fourth-order valence-corrected chi connectivity index (χ4v) is 3.81. The molecule has 1 N–H and O–H groups in total. The zero-order valence-corrected chi connectivity index (χ0v) is 10.3. The van der Waals surface area contributed by atoms with Crippen LogP contribution in [0.15, 0.2) is 29.2 Å². The second-order valence-electron chi connectivity index (χ2n) is 4.45. The molecular weight excluding hydrogens is 241 g/mol. The number of sulfone groups is 1. The molecule has 0 aliphatic carbocycles. The van der Waals surface area contributed by atoms with Crippen LogP contribution in [-0.2, 0) is 9.84 Å². The Morgan fingerprint density at radius 1 is 1.41 bits per heavy atom. The summed E-state index contributed by atoms with van der Waals surface area (Å²) in [6, 6.07) is 5.22. The Balaban J connectivity index is 2.13. The van der Waals surface area contributed by atoms with Crippen LogP contribution in [0.1, 0.15) is 12.8 Å². The van der Waals surface area contributed by atoms with E-state index in [0.29, 0.717) is 0 Å². The molecule has 2 rings (SSSR count). The first kappa shape index (κ1) is 12.5. The van der Waals surface area contributed by atoms with E-state index >= 15 is 0 Å². The van der Waals surface area contributed by atoms with Crippen molar-refractivity contribution in [1.82, 2.24) is 5.32 Å². The third-order valence-electron chi connectivity index (χ3n) is 3.01. The van der Waals surface area contributed by atoms with Gasteiger partial charge in [-0.3, -0.25) is 0 Å². The summed E-state index contributed by atoms with van der Waals surface area (Å²) in [6.45, 7) is 1.69. The van der Waals surface area contributed by atoms with Crippen molar-refractivity contribution in [2.75, 3.05) is 18.8 Å². The van der Waals surface area contributed by atoms with Crippen LogP contribution in [0.5, 0.6) is 0 Å². The molecule has 1 saturated heterocycles. The number of rotatable bonds is 3. The monoisotopic (exact) mass is 257 g/mol. The summed E-state index contributed by atoms with van der Waals surface area (Å²) in [6.07, 6.45) is 1.92. The molecule has 5 heteroatoms. The first-order valence-corrected chi connectivity index (χ1v) is 7.42. The molecule has 1 unspecified atom stereocenters. The van der Waals surface area contributed by atoms with E-state index in [1.807, 2.05) is 0 Å². The number of hydrogen-bond donors (Lipinski definition) is 1. The van der Waals surface area contributed by atoms with Crippen LogP contribution in [-0.4, -0.2) is 27.3 Å². The van der Waals surface area contributed by atoms with Crippen molar-refractivity contribution in [2.24, 2.45) is 5.92 Å². The molecule has 1 aliphatic rings. The van der Waals surface area contributed by atoms with Gasteiger partial charge in [0.15, 0.2) is 9.84 Å². The molecule has 1 heterocycles. The zero-order chi connectivity index (χ0) is 12.3. The predicted molar refractivity (Wildman–Crippen MR) is 64.0 cm³/mol. The SMILES string of the molecule is O=S(=O)(CC1CCCNC1)c1cccc(F)c1. The molecule has 0 radical (unpaired) electrons. The molecule has 0 bridgehead atoms. The Bertz CT molecular complexity index is 481. The van der Waals surface area contributed by atoms with E-state index < -0.39 is 15.7 Å². The lowest BCUT2D eigenvalue weighted by Gasteiger charge is -2.22. The van der Waals surface area contributed by atoms with Crippen molar-refractivity contribution in [2.45, 2.75) is 17.7 Å². The summed E-state index contributed by atoms with van der Waals surface area (Å²) in [5.41, 5.74) is 0. The molecule has 0 amide bonds. The van der Waals surface area contributed by atoms with Crippen molar-refractivity contribution < 1.29 is 12.8 Å². The Morgan fingerprint density at radius 3 is 2.88 bits per heavy atom. The molecule has 0 saturated carbocycles. The summed E-state index contributed by atoms with van der Waals surface area (Å²) in [7, 11) is -3.36. The Labute approximate surface area is 101 Å². The fourth-order valence-electron chi connectivity index (χ4n) is 2.13. The van der Waals surface area contributed by atoms with E-state index in [1.54, 1.807) is 0 Å². The van der Waals surface area contributed by atoms with Gasteiger partial charge in [0.2, 0.25) is 0 Å². The third-order valence-corrected chi connectivity index (χ3v) is 4.89. The van der Waals surface area contributed by atoms with Gasteiger partial charge in [-0.05, 0) is 50.0 Å². The molecule has 0 spiro atoms. The average Bonchev–Trinajstić information content (AvgIpc) is 2.30. The molecule has 3 nitrogen and oxygen atoms in total. The predicted octanol–water partition coefficient (Wildman–Crippen LogP) is 1.60. The molecule has 94 valence electrons. The molecule has 1 fully saturated rings. The summed E-state index contributed by atoms with van der Waals surface area (Å²) in [5.74, 6) is -0.270. The number of piperidine rings is 1. The van der Waals surface area contributed by atoms with Crippen molar-refractivity contribution in [3.63, 3.8) is 0 Å². The number of nitrogens with one attached hydrogen (secondary N) is 1. The number of hydrogen-bond acceptors (Lipinski definition) is 3. The minimum atomic E-state index is -3.36. The lowest BCUT2D eigenvalue weighted by Crippen LogP contribution is -2.33. The van der Waals surface area contributed by atoms with Gasteiger partial charge in [-0.25, -0.2) is 12.8 Å². The molecule has 1 aromatic carbocycles. The maximum absolute atomic E-state index is 13.0. The Morgan fingerprint density at radius 2 is 2.24 bits per heavy atom. The van der Waals surface area contributed by atoms with Crippen molar-refractivity contribution in [1.29, 1.82) is 0 Å². The number of halogens is 1. The van der Waals surface area contributed by atoms with E-state index in [4.69, 9.17) is 0 Å². The first-order valence-electron chi connectivity index (χ1n) is 5.77. The normalized spacial score (nSPS) is 21.4. The summed E-state index contributed by atoms with van der Waals surface area (Å²) in [5, 5.41) is 3.18. The Kier molecular flexibility index (Phi) is 3.79. The standard InChI is InChI=1S/C12H16FNO2S/c13-11-4-1-5-12(7-11)17(15,16)9-10-3-2-6-14-8-10/h1,4-5,7,10,14H,2-3,6,8-9H2. The lowest BCUT2D eigenvalue weighted by atomic mass is 10.0. The highest BCUT2D eigenvalue weighted by Crippen LogP contribution is 2.19. The highest BCUT2D eigenvalue weighted by Gasteiger charge is 2.23. The Hall–Kier alpha value is -0.940. The number of benzene rings is 1. The van der Waals surface area contributed by atoms with E-state index in [-0.39, 0.29) is 16.6 Å². The van der Waals surface area contributed by atoms with Gasteiger partial charge in [0, 0.05) is 0 Å². The van der Waals surface area contributed by atoms with E-state index in [1.165, 1.54) is 18.2 Å². The van der Waals surface area contributed by atoms with Crippen LogP contribution in [0, 0.1) is 11.7 Å². The minimum Gasteiger partial charge on any atom is -0.316 e.